The maximum absolute atomic E-state index is 4.28. The average Bonchev–Trinajstić information content (AvgIpc) is 2.91. The maximum atomic E-state index is 4.28. The molecule has 1 atom stereocenters. The fourth-order valence-electron chi connectivity index (χ4n) is 1.67. The van der Waals surface area contributed by atoms with Gasteiger partial charge >= 0.3 is 0 Å². The molecule has 0 radical (unpaired) electrons. The molecule has 0 spiro atoms. The Morgan fingerprint density at radius 2 is 2.17 bits per heavy atom. The molecule has 0 amide bonds. The van der Waals surface area contributed by atoms with E-state index in [1.165, 1.54) is 4.88 Å². The quantitative estimate of drug-likeness (QED) is 0.874. The lowest BCUT2D eigenvalue weighted by molar-refractivity contribution is 0.757. The van der Waals surface area contributed by atoms with E-state index in [4.69, 9.17) is 0 Å². The van der Waals surface area contributed by atoms with Gasteiger partial charge in [-0.05, 0) is 33.8 Å². The maximum Gasteiger partial charge on any atom is 0.146 e. The second kappa shape index (κ2) is 6.15. The third-order valence-electron chi connectivity index (χ3n) is 2.63. The molecule has 18 heavy (non-hydrogen) atoms. The van der Waals surface area contributed by atoms with Crippen LogP contribution in [0.3, 0.4) is 0 Å². The molecule has 0 aliphatic rings. The first kappa shape index (κ1) is 13.3. The van der Waals surface area contributed by atoms with Gasteiger partial charge in [0.25, 0.3) is 0 Å². The molecule has 2 aromatic heterocycles. The van der Waals surface area contributed by atoms with E-state index in [2.05, 4.69) is 61.0 Å². The minimum Gasteiger partial charge on any atom is -0.372 e. The van der Waals surface area contributed by atoms with Crippen molar-refractivity contribution in [1.82, 2.24) is 9.97 Å². The molecule has 2 heterocycles. The van der Waals surface area contributed by atoms with Crippen LogP contribution in [-0.4, -0.2) is 17.0 Å². The number of rotatable bonds is 5. The molecule has 0 saturated carbocycles. The third kappa shape index (κ3) is 2.81. The van der Waals surface area contributed by atoms with E-state index in [0.29, 0.717) is 0 Å². The molecule has 2 N–H and O–H groups in total. The number of aromatic nitrogens is 2. The number of hydrogen-bond donors (Lipinski definition) is 2. The monoisotopic (exact) mass is 326 g/mol. The minimum absolute atomic E-state index is 0.279. The van der Waals surface area contributed by atoms with Crippen molar-refractivity contribution in [2.45, 2.75) is 19.4 Å². The van der Waals surface area contributed by atoms with Gasteiger partial charge in [-0.3, -0.25) is 0 Å². The fourth-order valence-corrected chi connectivity index (χ4v) is 3.05. The summed E-state index contributed by atoms with van der Waals surface area (Å²) in [4.78, 5) is 9.74. The van der Waals surface area contributed by atoms with Crippen LogP contribution < -0.4 is 10.6 Å². The fraction of sp³-hybridized carbons (Fsp3) is 0.333. The highest BCUT2D eigenvalue weighted by molar-refractivity contribution is 9.10. The number of nitrogens with zero attached hydrogens (tertiary/aromatic N) is 2. The van der Waals surface area contributed by atoms with Crippen LogP contribution in [-0.2, 0) is 0 Å². The average molecular weight is 327 g/mol. The molecule has 4 nitrogen and oxygen atoms in total. The van der Waals surface area contributed by atoms with E-state index in [9.17, 15) is 0 Å². The van der Waals surface area contributed by atoms with Gasteiger partial charge in [0.15, 0.2) is 0 Å². The van der Waals surface area contributed by atoms with Crippen molar-refractivity contribution in [2.75, 3.05) is 17.7 Å². The lowest BCUT2D eigenvalue weighted by Crippen LogP contribution is -2.11. The van der Waals surface area contributed by atoms with Crippen molar-refractivity contribution >= 4 is 38.9 Å². The lowest BCUT2D eigenvalue weighted by Gasteiger charge is -2.17. The first-order valence-electron chi connectivity index (χ1n) is 5.74. The highest BCUT2D eigenvalue weighted by Gasteiger charge is 2.14. The number of thiophene rings is 1. The third-order valence-corrected chi connectivity index (χ3v) is 4.37. The summed E-state index contributed by atoms with van der Waals surface area (Å²) < 4.78 is 0.863. The summed E-state index contributed by atoms with van der Waals surface area (Å²) in [7, 11) is 1.84. The van der Waals surface area contributed by atoms with E-state index in [0.717, 1.165) is 22.5 Å². The Labute approximate surface area is 119 Å². The summed E-state index contributed by atoms with van der Waals surface area (Å²) in [5, 5.41) is 8.56. The molecule has 0 saturated heterocycles. The smallest absolute Gasteiger partial charge is 0.146 e. The van der Waals surface area contributed by atoms with Crippen LogP contribution >= 0.6 is 27.3 Å². The largest absolute Gasteiger partial charge is 0.372 e. The highest BCUT2D eigenvalue weighted by Crippen LogP contribution is 2.31. The van der Waals surface area contributed by atoms with Crippen molar-refractivity contribution in [1.29, 1.82) is 0 Å². The SMILES string of the molecule is CCC(Nc1ncnc(NC)c1Br)c1cccs1. The lowest BCUT2D eigenvalue weighted by atomic mass is 10.2. The summed E-state index contributed by atoms with van der Waals surface area (Å²) in [5.41, 5.74) is 0. The zero-order valence-electron chi connectivity index (χ0n) is 10.3. The van der Waals surface area contributed by atoms with Crippen molar-refractivity contribution in [3.8, 4) is 0 Å². The van der Waals surface area contributed by atoms with E-state index in [1.807, 2.05) is 7.05 Å². The summed E-state index contributed by atoms with van der Waals surface area (Å²) >= 11 is 5.27. The van der Waals surface area contributed by atoms with Gasteiger partial charge in [-0.2, -0.15) is 0 Å². The number of halogens is 1. The Kier molecular flexibility index (Phi) is 4.54. The van der Waals surface area contributed by atoms with Crippen molar-refractivity contribution in [3.63, 3.8) is 0 Å². The van der Waals surface area contributed by atoms with Crippen molar-refractivity contribution in [2.24, 2.45) is 0 Å². The summed E-state index contributed by atoms with van der Waals surface area (Å²) in [6, 6.07) is 4.49. The van der Waals surface area contributed by atoms with Crippen LogP contribution in [0.1, 0.15) is 24.3 Å². The molecular weight excluding hydrogens is 312 g/mol. The predicted octanol–water partition coefficient (Wildman–Crippen LogP) is 3.91. The molecule has 0 aliphatic carbocycles. The Morgan fingerprint density at radius 3 is 2.78 bits per heavy atom. The molecule has 1 unspecified atom stereocenters. The Bertz CT molecular complexity index is 501. The van der Waals surface area contributed by atoms with E-state index < -0.39 is 0 Å². The Balaban J connectivity index is 2.22. The minimum atomic E-state index is 0.279. The topological polar surface area (TPSA) is 49.8 Å². The molecule has 0 bridgehead atoms. The first-order valence-corrected chi connectivity index (χ1v) is 7.41. The Morgan fingerprint density at radius 1 is 1.39 bits per heavy atom. The second-order valence-electron chi connectivity index (χ2n) is 3.76. The van der Waals surface area contributed by atoms with E-state index in [1.54, 1.807) is 17.7 Å². The van der Waals surface area contributed by atoms with Gasteiger partial charge < -0.3 is 10.6 Å². The highest BCUT2D eigenvalue weighted by atomic mass is 79.9. The Hall–Kier alpha value is -1.14. The standard InChI is InChI=1S/C12H15BrN4S/c1-3-8(9-5-4-6-18-9)17-12-10(13)11(14-2)15-7-16-12/h4-8H,3H2,1-2H3,(H2,14,15,16,17). The molecule has 0 aliphatic heterocycles. The molecule has 2 aromatic rings. The predicted molar refractivity (Wildman–Crippen MR) is 80.3 cm³/mol. The van der Waals surface area contributed by atoms with Gasteiger partial charge in [-0.25, -0.2) is 9.97 Å². The number of anilines is 2. The first-order chi connectivity index (χ1) is 8.76. The van der Waals surface area contributed by atoms with Gasteiger partial charge in [0.05, 0.1) is 6.04 Å². The van der Waals surface area contributed by atoms with Gasteiger partial charge in [0.2, 0.25) is 0 Å². The van der Waals surface area contributed by atoms with Gasteiger partial charge in [0.1, 0.15) is 22.4 Å². The van der Waals surface area contributed by atoms with E-state index in [-0.39, 0.29) is 6.04 Å². The normalized spacial score (nSPS) is 12.2. The zero-order chi connectivity index (χ0) is 13.0. The zero-order valence-corrected chi connectivity index (χ0v) is 12.7. The molecule has 96 valence electrons. The summed E-state index contributed by atoms with van der Waals surface area (Å²) in [6.45, 7) is 2.16. The van der Waals surface area contributed by atoms with Crippen LogP contribution in [0.5, 0.6) is 0 Å². The second-order valence-corrected chi connectivity index (χ2v) is 5.53. The van der Waals surface area contributed by atoms with E-state index >= 15 is 0 Å². The van der Waals surface area contributed by atoms with Crippen LogP contribution in [0.15, 0.2) is 28.3 Å². The van der Waals surface area contributed by atoms with Crippen LogP contribution in [0.4, 0.5) is 11.6 Å². The van der Waals surface area contributed by atoms with Crippen molar-refractivity contribution in [3.05, 3.63) is 33.2 Å². The van der Waals surface area contributed by atoms with Crippen LogP contribution in [0, 0.1) is 0 Å². The van der Waals surface area contributed by atoms with Crippen LogP contribution in [0.2, 0.25) is 0 Å². The van der Waals surface area contributed by atoms with Gasteiger partial charge in [0, 0.05) is 11.9 Å². The number of nitrogens with one attached hydrogen (secondary N) is 2. The molecular formula is C12H15BrN4S. The molecule has 6 heteroatoms. The molecule has 0 aromatic carbocycles. The molecule has 0 fully saturated rings. The number of hydrogen-bond acceptors (Lipinski definition) is 5. The van der Waals surface area contributed by atoms with Gasteiger partial charge in [-0.1, -0.05) is 13.0 Å². The van der Waals surface area contributed by atoms with Gasteiger partial charge in [-0.15, -0.1) is 11.3 Å². The summed E-state index contributed by atoms with van der Waals surface area (Å²) in [5.74, 6) is 1.60. The summed E-state index contributed by atoms with van der Waals surface area (Å²) in [6.07, 6.45) is 2.56. The van der Waals surface area contributed by atoms with Crippen LogP contribution in [0.25, 0.3) is 0 Å². The molecule has 2 rings (SSSR count). The van der Waals surface area contributed by atoms with Crippen molar-refractivity contribution < 1.29 is 0 Å².